The standard InChI is InChI=1S/C16H26N2O3/c1-4-7-13-8-12(15(20)21)9-14(18-13)17-10-16(5-2,6-3)11-19/h8-9,19H,4-7,10-11H2,1-3H3,(H,17,18)(H,20,21). The van der Waals surface area contributed by atoms with Crippen molar-refractivity contribution < 1.29 is 15.0 Å². The highest BCUT2D eigenvalue weighted by atomic mass is 16.4. The SMILES string of the molecule is CCCc1cc(C(=O)O)cc(NCC(CC)(CC)CO)n1. The van der Waals surface area contributed by atoms with Gasteiger partial charge in [-0.05, 0) is 31.4 Å². The first-order valence-corrected chi connectivity index (χ1v) is 7.59. The molecule has 5 nitrogen and oxygen atoms in total. The molecule has 5 heteroatoms. The highest BCUT2D eigenvalue weighted by Gasteiger charge is 2.25. The molecule has 0 spiro atoms. The molecule has 118 valence electrons. The van der Waals surface area contributed by atoms with E-state index in [1.54, 1.807) is 12.1 Å². The quantitative estimate of drug-likeness (QED) is 0.652. The van der Waals surface area contributed by atoms with E-state index in [2.05, 4.69) is 10.3 Å². The smallest absolute Gasteiger partial charge is 0.335 e. The maximum atomic E-state index is 11.2. The van der Waals surface area contributed by atoms with Crippen LogP contribution in [0.2, 0.25) is 0 Å². The topological polar surface area (TPSA) is 82.5 Å². The molecule has 0 amide bonds. The van der Waals surface area contributed by atoms with E-state index in [-0.39, 0.29) is 17.6 Å². The molecule has 1 aromatic heterocycles. The third-order valence-corrected chi connectivity index (χ3v) is 4.11. The van der Waals surface area contributed by atoms with Gasteiger partial charge in [0.2, 0.25) is 0 Å². The Morgan fingerprint density at radius 1 is 1.29 bits per heavy atom. The van der Waals surface area contributed by atoms with Gasteiger partial charge in [-0.3, -0.25) is 0 Å². The first-order valence-electron chi connectivity index (χ1n) is 7.59. The first-order chi connectivity index (χ1) is 10.00. The van der Waals surface area contributed by atoms with Crippen LogP contribution in [0, 0.1) is 5.41 Å². The van der Waals surface area contributed by atoms with Crippen LogP contribution >= 0.6 is 0 Å². The number of aryl methyl sites for hydroxylation is 1. The number of carboxylic acid groups (broad SMARTS) is 1. The summed E-state index contributed by atoms with van der Waals surface area (Å²) < 4.78 is 0. The van der Waals surface area contributed by atoms with Gasteiger partial charge in [0.1, 0.15) is 5.82 Å². The van der Waals surface area contributed by atoms with Crippen LogP contribution in [0.5, 0.6) is 0 Å². The van der Waals surface area contributed by atoms with Crippen LogP contribution in [0.3, 0.4) is 0 Å². The van der Waals surface area contributed by atoms with E-state index in [4.69, 9.17) is 0 Å². The normalized spacial score (nSPS) is 11.4. The lowest BCUT2D eigenvalue weighted by molar-refractivity contribution is 0.0696. The molecular formula is C16H26N2O3. The fourth-order valence-corrected chi connectivity index (χ4v) is 2.24. The van der Waals surface area contributed by atoms with Crippen molar-refractivity contribution in [2.24, 2.45) is 5.41 Å². The molecule has 0 radical (unpaired) electrons. The molecule has 0 saturated carbocycles. The Kier molecular flexibility index (Phi) is 6.62. The Morgan fingerprint density at radius 3 is 2.43 bits per heavy atom. The Morgan fingerprint density at radius 2 is 1.95 bits per heavy atom. The maximum absolute atomic E-state index is 11.2. The zero-order chi connectivity index (χ0) is 15.9. The van der Waals surface area contributed by atoms with Gasteiger partial charge in [-0.1, -0.05) is 27.2 Å². The summed E-state index contributed by atoms with van der Waals surface area (Å²) in [6.07, 6.45) is 3.38. The number of aromatic carboxylic acids is 1. The molecule has 0 aliphatic rings. The molecule has 1 heterocycles. The Labute approximate surface area is 126 Å². The summed E-state index contributed by atoms with van der Waals surface area (Å²) in [7, 11) is 0. The number of pyridine rings is 1. The maximum Gasteiger partial charge on any atom is 0.335 e. The predicted octanol–water partition coefficient (Wildman–Crippen LogP) is 2.94. The number of anilines is 1. The number of hydrogen-bond donors (Lipinski definition) is 3. The van der Waals surface area contributed by atoms with Gasteiger partial charge < -0.3 is 15.5 Å². The number of aliphatic hydroxyl groups excluding tert-OH is 1. The zero-order valence-corrected chi connectivity index (χ0v) is 13.1. The molecule has 0 aromatic carbocycles. The fraction of sp³-hybridized carbons (Fsp3) is 0.625. The van der Waals surface area contributed by atoms with Crippen LogP contribution in [0.15, 0.2) is 12.1 Å². The van der Waals surface area contributed by atoms with E-state index in [1.807, 2.05) is 20.8 Å². The Hall–Kier alpha value is -1.62. The highest BCUT2D eigenvalue weighted by molar-refractivity contribution is 5.88. The Balaban J connectivity index is 2.93. The molecule has 21 heavy (non-hydrogen) atoms. The number of aromatic nitrogens is 1. The molecular weight excluding hydrogens is 268 g/mol. The second-order valence-corrected chi connectivity index (χ2v) is 5.51. The van der Waals surface area contributed by atoms with Crippen molar-refractivity contribution in [2.75, 3.05) is 18.5 Å². The van der Waals surface area contributed by atoms with Crippen molar-refractivity contribution in [3.63, 3.8) is 0 Å². The van der Waals surface area contributed by atoms with Crippen LogP contribution < -0.4 is 5.32 Å². The van der Waals surface area contributed by atoms with Gasteiger partial charge in [-0.2, -0.15) is 0 Å². The number of aliphatic hydroxyl groups is 1. The van der Waals surface area contributed by atoms with Crippen molar-refractivity contribution in [1.82, 2.24) is 4.98 Å². The fourth-order valence-electron chi connectivity index (χ4n) is 2.24. The lowest BCUT2D eigenvalue weighted by atomic mass is 9.83. The van der Waals surface area contributed by atoms with Gasteiger partial charge in [0.15, 0.2) is 0 Å². The highest BCUT2D eigenvalue weighted by Crippen LogP contribution is 2.26. The van der Waals surface area contributed by atoms with Gasteiger partial charge in [0.05, 0.1) is 12.2 Å². The zero-order valence-electron chi connectivity index (χ0n) is 13.1. The third-order valence-electron chi connectivity index (χ3n) is 4.11. The minimum atomic E-state index is -0.947. The minimum Gasteiger partial charge on any atom is -0.478 e. The van der Waals surface area contributed by atoms with Crippen LogP contribution in [0.4, 0.5) is 5.82 Å². The number of nitrogens with zero attached hydrogens (tertiary/aromatic N) is 1. The number of nitrogens with one attached hydrogen (secondary N) is 1. The van der Waals surface area contributed by atoms with Gasteiger partial charge in [-0.15, -0.1) is 0 Å². The first kappa shape index (κ1) is 17.4. The van der Waals surface area contributed by atoms with E-state index < -0.39 is 5.97 Å². The number of hydrogen-bond acceptors (Lipinski definition) is 4. The van der Waals surface area contributed by atoms with E-state index in [9.17, 15) is 15.0 Å². The van der Waals surface area contributed by atoms with Gasteiger partial charge in [0, 0.05) is 17.7 Å². The number of carboxylic acids is 1. The second kappa shape index (κ2) is 7.98. The lowest BCUT2D eigenvalue weighted by Crippen LogP contribution is -2.32. The van der Waals surface area contributed by atoms with E-state index in [0.29, 0.717) is 12.4 Å². The van der Waals surface area contributed by atoms with Gasteiger partial charge >= 0.3 is 5.97 Å². The third kappa shape index (κ3) is 4.70. The lowest BCUT2D eigenvalue weighted by Gasteiger charge is -2.29. The average molecular weight is 294 g/mol. The molecule has 0 saturated heterocycles. The monoisotopic (exact) mass is 294 g/mol. The van der Waals surface area contributed by atoms with Crippen molar-refractivity contribution in [2.45, 2.75) is 46.5 Å². The van der Waals surface area contributed by atoms with Crippen molar-refractivity contribution in [3.8, 4) is 0 Å². The summed E-state index contributed by atoms with van der Waals surface area (Å²) in [4.78, 5) is 15.6. The average Bonchev–Trinajstić information content (AvgIpc) is 2.49. The van der Waals surface area contributed by atoms with E-state index >= 15 is 0 Å². The van der Waals surface area contributed by atoms with E-state index in [0.717, 1.165) is 31.4 Å². The molecule has 0 aliphatic carbocycles. The summed E-state index contributed by atoms with van der Waals surface area (Å²) in [5.41, 5.74) is 0.840. The van der Waals surface area contributed by atoms with Crippen molar-refractivity contribution >= 4 is 11.8 Å². The van der Waals surface area contributed by atoms with Crippen molar-refractivity contribution in [3.05, 3.63) is 23.4 Å². The summed E-state index contributed by atoms with van der Waals surface area (Å²) in [5, 5.41) is 22.0. The summed E-state index contributed by atoms with van der Waals surface area (Å²) in [6, 6.07) is 3.17. The van der Waals surface area contributed by atoms with Crippen LogP contribution in [0.25, 0.3) is 0 Å². The molecule has 0 unspecified atom stereocenters. The molecule has 0 fully saturated rings. The second-order valence-electron chi connectivity index (χ2n) is 5.51. The van der Waals surface area contributed by atoms with Gasteiger partial charge in [-0.25, -0.2) is 9.78 Å². The Bertz CT molecular complexity index is 462. The van der Waals surface area contributed by atoms with Gasteiger partial charge in [0.25, 0.3) is 0 Å². The summed E-state index contributed by atoms with van der Waals surface area (Å²) in [6.45, 7) is 6.81. The largest absolute Gasteiger partial charge is 0.478 e. The number of carbonyl (C=O) groups is 1. The minimum absolute atomic E-state index is 0.105. The van der Waals surface area contributed by atoms with Crippen molar-refractivity contribution in [1.29, 1.82) is 0 Å². The molecule has 0 atom stereocenters. The van der Waals surface area contributed by atoms with Crippen LogP contribution in [-0.4, -0.2) is 34.3 Å². The summed E-state index contributed by atoms with van der Waals surface area (Å²) in [5.74, 6) is -0.379. The molecule has 1 aromatic rings. The molecule has 0 bridgehead atoms. The van der Waals surface area contributed by atoms with Crippen LogP contribution in [-0.2, 0) is 6.42 Å². The molecule has 1 rings (SSSR count). The predicted molar refractivity (Wildman–Crippen MR) is 83.8 cm³/mol. The molecule has 3 N–H and O–H groups in total. The van der Waals surface area contributed by atoms with Crippen LogP contribution in [0.1, 0.15) is 56.1 Å². The molecule has 0 aliphatic heterocycles. The number of rotatable bonds is 9. The van der Waals surface area contributed by atoms with E-state index in [1.165, 1.54) is 0 Å². The summed E-state index contributed by atoms with van der Waals surface area (Å²) >= 11 is 0.